The highest BCUT2D eigenvalue weighted by molar-refractivity contribution is 14.1. The van der Waals surface area contributed by atoms with Crippen LogP contribution in [0.15, 0.2) is 63.5 Å². The molecule has 1 aromatic heterocycles. The predicted molar refractivity (Wildman–Crippen MR) is 132 cm³/mol. The number of carbonyl (C=O) groups is 1. The molecule has 7 heteroatoms. The molecule has 3 aromatic carbocycles. The molecule has 0 radical (unpaired) electrons. The third kappa shape index (κ3) is 4.03. The molecule has 0 aliphatic rings. The summed E-state index contributed by atoms with van der Waals surface area (Å²) >= 11 is 10.8. The number of hydrogen-bond donors (Lipinski definition) is 1. The average Bonchev–Trinajstić information content (AvgIpc) is 3.10. The maximum Gasteiger partial charge on any atom is 0.256 e. The third-order valence-corrected chi connectivity index (χ3v) is 8.34. The fourth-order valence-electron chi connectivity index (χ4n) is 2.80. The maximum absolute atomic E-state index is 12.9. The topological polar surface area (TPSA) is 42.0 Å². The zero-order chi connectivity index (χ0) is 19.8. The van der Waals surface area contributed by atoms with E-state index in [1.165, 1.54) is 0 Å². The first-order valence-electron chi connectivity index (χ1n) is 8.35. The zero-order valence-electron chi connectivity index (χ0n) is 14.6. The molecule has 1 amide bonds. The molecular weight excluding hydrogens is 615 g/mol. The number of halogens is 3. The monoisotopic (exact) mass is 626 g/mol. The highest BCUT2D eigenvalue weighted by Crippen LogP contribution is 2.33. The second-order valence-corrected chi connectivity index (χ2v) is 10.1. The molecule has 0 atom stereocenters. The Morgan fingerprint density at radius 3 is 2.68 bits per heavy atom. The molecule has 140 valence electrons. The van der Waals surface area contributed by atoms with Crippen molar-refractivity contribution >= 4 is 87.6 Å². The van der Waals surface area contributed by atoms with Crippen LogP contribution in [0.1, 0.15) is 15.9 Å². The van der Waals surface area contributed by atoms with Gasteiger partial charge in [-0.15, -0.1) is 11.3 Å². The van der Waals surface area contributed by atoms with Gasteiger partial charge in [-0.25, -0.2) is 4.98 Å². The van der Waals surface area contributed by atoms with E-state index in [9.17, 15) is 4.79 Å². The SMILES string of the molecule is Cc1ccc(-c2nc3ccccc3s2)cc1NC(=O)c1cc(Br)cc(Br)c1I. The largest absolute Gasteiger partial charge is 0.322 e. The fourth-order valence-corrected chi connectivity index (χ4v) is 5.54. The van der Waals surface area contributed by atoms with Crippen molar-refractivity contribution in [3.05, 3.63) is 78.2 Å². The predicted octanol–water partition coefficient (Wildman–Crippen LogP) is 7.65. The van der Waals surface area contributed by atoms with Gasteiger partial charge in [0.1, 0.15) is 5.01 Å². The van der Waals surface area contributed by atoms with Gasteiger partial charge in [-0.05, 0) is 81.3 Å². The summed E-state index contributed by atoms with van der Waals surface area (Å²) in [6.45, 7) is 1.99. The van der Waals surface area contributed by atoms with Gasteiger partial charge in [0.15, 0.2) is 0 Å². The van der Waals surface area contributed by atoms with Gasteiger partial charge in [-0.3, -0.25) is 4.79 Å². The van der Waals surface area contributed by atoms with E-state index in [4.69, 9.17) is 4.98 Å². The Kier molecular flexibility index (Phi) is 5.87. The van der Waals surface area contributed by atoms with E-state index in [2.05, 4.69) is 65.8 Å². The van der Waals surface area contributed by atoms with Crippen molar-refractivity contribution in [2.24, 2.45) is 0 Å². The molecule has 0 fully saturated rings. The van der Waals surface area contributed by atoms with E-state index >= 15 is 0 Å². The summed E-state index contributed by atoms with van der Waals surface area (Å²) in [4.78, 5) is 17.6. The number of carbonyl (C=O) groups excluding carboxylic acids is 1. The van der Waals surface area contributed by atoms with E-state index in [0.717, 1.165) is 44.6 Å². The lowest BCUT2D eigenvalue weighted by Crippen LogP contribution is -2.14. The number of aromatic nitrogens is 1. The normalized spacial score (nSPS) is 11.0. The minimum atomic E-state index is -0.143. The first-order valence-corrected chi connectivity index (χ1v) is 11.8. The van der Waals surface area contributed by atoms with Gasteiger partial charge in [0, 0.05) is 23.8 Å². The number of anilines is 1. The minimum absolute atomic E-state index is 0.143. The Balaban J connectivity index is 1.69. The van der Waals surface area contributed by atoms with Crippen LogP contribution in [0.2, 0.25) is 0 Å². The minimum Gasteiger partial charge on any atom is -0.322 e. The average molecular weight is 628 g/mol. The standard InChI is InChI=1S/C21H13Br2IN2OS/c1-11-6-7-12(21-26-16-4-2-3-5-18(16)28-21)8-17(11)25-20(27)14-9-13(22)10-15(23)19(14)24/h2-10H,1H3,(H,25,27). The smallest absolute Gasteiger partial charge is 0.256 e. The Morgan fingerprint density at radius 2 is 1.89 bits per heavy atom. The summed E-state index contributed by atoms with van der Waals surface area (Å²) in [5, 5.41) is 4.00. The quantitative estimate of drug-likeness (QED) is 0.187. The van der Waals surface area contributed by atoms with E-state index < -0.39 is 0 Å². The van der Waals surface area contributed by atoms with Crippen LogP contribution in [0.25, 0.3) is 20.8 Å². The molecular formula is C21H13Br2IN2OS. The summed E-state index contributed by atoms with van der Waals surface area (Å²) < 4.78 is 3.76. The number of nitrogens with one attached hydrogen (secondary N) is 1. The summed E-state index contributed by atoms with van der Waals surface area (Å²) in [5.74, 6) is -0.143. The summed E-state index contributed by atoms with van der Waals surface area (Å²) in [7, 11) is 0. The van der Waals surface area contributed by atoms with Crippen molar-refractivity contribution in [3.63, 3.8) is 0 Å². The zero-order valence-corrected chi connectivity index (χ0v) is 20.7. The van der Waals surface area contributed by atoms with E-state index in [0.29, 0.717) is 5.56 Å². The molecule has 3 nitrogen and oxygen atoms in total. The van der Waals surface area contributed by atoms with Crippen LogP contribution in [0.5, 0.6) is 0 Å². The lowest BCUT2D eigenvalue weighted by Gasteiger charge is -2.12. The highest BCUT2D eigenvalue weighted by atomic mass is 127. The molecule has 0 saturated heterocycles. The maximum atomic E-state index is 12.9. The van der Waals surface area contributed by atoms with Crippen LogP contribution in [0.3, 0.4) is 0 Å². The summed E-state index contributed by atoms with van der Waals surface area (Å²) in [6.07, 6.45) is 0. The first kappa shape index (κ1) is 20.0. The molecule has 1 heterocycles. The molecule has 0 saturated carbocycles. The molecule has 4 aromatic rings. The number of nitrogens with zero attached hydrogens (tertiary/aromatic N) is 1. The summed E-state index contributed by atoms with van der Waals surface area (Å²) in [5.41, 5.74) is 4.39. The Bertz CT molecular complexity index is 1190. The Morgan fingerprint density at radius 1 is 1.11 bits per heavy atom. The number of fused-ring (bicyclic) bond motifs is 1. The second-order valence-electron chi connectivity index (χ2n) is 6.22. The van der Waals surface area contributed by atoms with Crippen LogP contribution in [0, 0.1) is 10.5 Å². The van der Waals surface area contributed by atoms with Crippen molar-refractivity contribution in [1.29, 1.82) is 0 Å². The fraction of sp³-hybridized carbons (Fsp3) is 0.0476. The molecule has 28 heavy (non-hydrogen) atoms. The van der Waals surface area contributed by atoms with Crippen molar-refractivity contribution in [3.8, 4) is 10.6 Å². The van der Waals surface area contributed by atoms with Gasteiger partial charge in [-0.2, -0.15) is 0 Å². The van der Waals surface area contributed by atoms with E-state index in [1.54, 1.807) is 11.3 Å². The van der Waals surface area contributed by atoms with E-state index in [1.807, 2.05) is 55.5 Å². The van der Waals surface area contributed by atoms with Crippen LogP contribution >= 0.6 is 65.8 Å². The molecule has 0 spiro atoms. The number of amides is 1. The van der Waals surface area contributed by atoms with Crippen molar-refractivity contribution in [2.45, 2.75) is 6.92 Å². The number of rotatable bonds is 3. The number of para-hydroxylation sites is 1. The number of hydrogen-bond acceptors (Lipinski definition) is 3. The van der Waals surface area contributed by atoms with Crippen molar-refractivity contribution in [2.75, 3.05) is 5.32 Å². The van der Waals surface area contributed by atoms with Gasteiger partial charge < -0.3 is 5.32 Å². The molecule has 0 aliphatic heterocycles. The Hall–Kier alpha value is -1.29. The molecule has 4 rings (SSSR count). The third-order valence-electron chi connectivity index (χ3n) is 4.26. The number of aryl methyl sites for hydroxylation is 1. The first-order chi connectivity index (χ1) is 13.4. The molecule has 0 bridgehead atoms. The number of thiazole rings is 1. The van der Waals surface area contributed by atoms with Gasteiger partial charge in [0.2, 0.25) is 0 Å². The van der Waals surface area contributed by atoms with Gasteiger partial charge in [0.05, 0.1) is 15.8 Å². The Labute approximate surface area is 197 Å². The lowest BCUT2D eigenvalue weighted by molar-refractivity contribution is 0.102. The van der Waals surface area contributed by atoms with Crippen LogP contribution in [-0.2, 0) is 0 Å². The lowest BCUT2D eigenvalue weighted by atomic mass is 10.1. The van der Waals surface area contributed by atoms with Crippen molar-refractivity contribution in [1.82, 2.24) is 4.98 Å². The van der Waals surface area contributed by atoms with Gasteiger partial charge >= 0.3 is 0 Å². The van der Waals surface area contributed by atoms with Gasteiger partial charge in [-0.1, -0.05) is 40.2 Å². The van der Waals surface area contributed by atoms with Crippen molar-refractivity contribution < 1.29 is 4.79 Å². The molecule has 0 aliphatic carbocycles. The number of benzene rings is 3. The summed E-state index contributed by atoms with van der Waals surface area (Å²) in [6, 6.07) is 17.9. The van der Waals surface area contributed by atoms with Crippen LogP contribution in [-0.4, -0.2) is 10.9 Å². The second kappa shape index (κ2) is 8.22. The van der Waals surface area contributed by atoms with Gasteiger partial charge in [0.25, 0.3) is 5.91 Å². The molecule has 0 unspecified atom stereocenters. The molecule has 1 N–H and O–H groups in total. The van der Waals surface area contributed by atoms with Crippen LogP contribution < -0.4 is 5.32 Å². The van der Waals surface area contributed by atoms with Crippen LogP contribution in [0.4, 0.5) is 5.69 Å². The van der Waals surface area contributed by atoms with E-state index in [-0.39, 0.29) is 5.91 Å². The highest BCUT2D eigenvalue weighted by Gasteiger charge is 2.16.